The van der Waals surface area contributed by atoms with Crippen molar-refractivity contribution in [2.45, 2.75) is 20.0 Å². The van der Waals surface area contributed by atoms with Crippen LogP contribution >= 0.6 is 0 Å². The molecule has 2 amide bonds. The topological polar surface area (TPSA) is 93.7 Å². The Bertz CT molecular complexity index is 835. The zero-order valence-electron chi connectivity index (χ0n) is 15.4. The molecule has 0 aromatic heterocycles. The molecular formula is C20H22N2O5. The predicted molar refractivity (Wildman–Crippen MR) is 101 cm³/mol. The third-order valence-corrected chi connectivity index (χ3v) is 3.72. The predicted octanol–water partition coefficient (Wildman–Crippen LogP) is 2.30. The maximum Gasteiger partial charge on any atom is 0.326 e. The van der Waals surface area contributed by atoms with Crippen LogP contribution in [-0.4, -0.2) is 37.5 Å². The highest BCUT2D eigenvalue weighted by Crippen LogP contribution is 2.23. The van der Waals surface area contributed by atoms with Crippen LogP contribution in [0, 0.1) is 6.92 Å². The Balaban J connectivity index is 1.84. The third kappa shape index (κ3) is 5.85. The average molecular weight is 370 g/mol. The highest BCUT2D eigenvalue weighted by atomic mass is 16.5. The van der Waals surface area contributed by atoms with Gasteiger partial charge >= 0.3 is 5.97 Å². The fourth-order valence-corrected chi connectivity index (χ4v) is 2.32. The van der Waals surface area contributed by atoms with Crippen LogP contribution in [0.5, 0.6) is 5.75 Å². The Kier molecular flexibility index (Phi) is 6.93. The van der Waals surface area contributed by atoms with Gasteiger partial charge in [-0.25, -0.2) is 0 Å². The lowest BCUT2D eigenvalue weighted by atomic mass is 10.1. The van der Waals surface area contributed by atoms with Crippen LogP contribution in [0.3, 0.4) is 0 Å². The first-order valence-electron chi connectivity index (χ1n) is 8.39. The third-order valence-electron chi connectivity index (χ3n) is 3.72. The van der Waals surface area contributed by atoms with E-state index in [-0.39, 0.29) is 12.5 Å². The lowest BCUT2D eigenvalue weighted by molar-refractivity contribution is -0.152. The molecule has 142 valence electrons. The number of methoxy groups -OCH3 is 1. The van der Waals surface area contributed by atoms with Crippen LogP contribution < -0.4 is 15.4 Å². The van der Waals surface area contributed by atoms with E-state index in [1.807, 2.05) is 13.0 Å². The molecule has 0 bridgehead atoms. The quantitative estimate of drug-likeness (QED) is 0.730. The minimum Gasteiger partial charge on any atom is -0.495 e. The van der Waals surface area contributed by atoms with Crippen LogP contribution in [0.2, 0.25) is 0 Å². The molecule has 27 heavy (non-hydrogen) atoms. The molecule has 0 aliphatic heterocycles. The molecule has 2 aromatic carbocycles. The highest BCUT2D eigenvalue weighted by molar-refractivity contribution is 5.98. The van der Waals surface area contributed by atoms with E-state index in [0.717, 1.165) is 5.56 Å². The van der Waals surface area contributed by atoms with Crippen LogP contribution in [-0.2, 0) is 14.3 Å². The van der Waals surface area contributed by atoms with E-state index < -0.39 is 18.0 Å². The molecule has 0 fully saturated rings. The summed E-state index contributed by atoms with van der Waals surface area (Å²) in [7, 11) is 1.49. The maximum absolute atomic E-state index is 12.2. The number of hydrogen-bond acceptors (Lipinski definition) is 5. The van der Waals surface area contributed by atoms with Crippen molar-refractivity contribution in [1.29, 1.82) is 0 Å². The maximum atomic E-state index is 12.2. The van der Waals surface area contributed by atoms with Crippen molar-refractivity contribution >= 4 is 23.5 Å². The molecule has 0 saturated heterocycles. The summed E-state index contributed by atoms with van der Waals surface area (Å²) in [5.41, 5.74) is 1.86. The summed E-state index contributed by atoms with van der Waals surface area (Å²) in [6, 6.07) is 13.9. The van der Waals surface area contributed by atoms with Gasteiger partial charge in [0.25, 0.3) is 11.8 Å². The lowest BCUT2D eigenvalue weighted by Gasteiger charge is -2.15. The molecule has 0 aliphatic rings. The van der Waals surface area contributed by atoms with Gasteiger partial charge in [-0.1, -0.05) is 29.8 Å². The first-order valence-corrected chi connectivity index (χ1v) is 8.39. The van der Waals surface area contributed by atoms with E-state index in [9.17, 15) is 14.4 Å². The largest absolute Gasteiger partial charge is 0.495 e. The van der Waals surface area contributed by atoms with Crippen LogP contribution in [0.4, 0.5) is 5.69 Å². The fourth-order valence-electron chi connectivity index (χ4n) is 2.32. The van der Waals surface area contributed by atoms with Crippen molar-refractivity contribution in [3.8, 4) is 5.75 Å². The Morgan fingerprint density at radius 2 is 1.81 bits per heavy atom. The number of ether oxygens (including phenoxy) is 2. The number of amides is 2. The van der Waals surface area contributed by atoms with Crippen molar-refractivity contribution in [3.63, 3.8) is 0 Å². The molecule has 1 atom stereocenters. The van der Waals surface area contributed by atoms with Crippen LogP contribution in [0.1, 0.15) is 22.8 Å². The van der Waals surface area contributed by atoms with Gasteiger partial charge in [-0.3, -0.25) is 14.4 Å². The number of para-hydroxylation sites is 2. The fraction of sp³-hybridized carbons (Fsp3) is 0.250. The SMILES string of the molecule is COc1ccccc1NC(=O)[C@H](C)OC(=O)CNC(=O)c1cccc(C)c1. The summed E-state index contributed by atoms with van der Waals surface area (Å²) in [4.78, 5) is 36.1. The summed E-state index contributed by atoms with van der Waals surface area (Å²) in [5, 5.41) is 5.11. The molecule has 0 unspecified atom stereocenters. The van der Waals surface area contributed by atoms with E-state index in [1.165, 1.54) is 14.0 Å². The van der Waals surface area contributed by atoms with E-state index in [1.54, 1.807) is 42.5 Å². The Hall–Kier alpha value is -3.35. The number of rotatable bonds is 7. The normalized spacial score (nSPS) is 11.2. The molecule has 0 heterocycles. The smallest absolute Gasteiger partial charge is 0.326 e. The van der Waals surface area contributed by atoms with Gasteiger partial charge in [0.15, 0.2) is 6.10 Å². The van der Waals surface area contributed by atoms with Gasteiger partial charge in [0.2, 0.25) is 0 Å². The van der Waals surface area contributed by atoms with Gasteiger partial charge in [-0.2, -0.15) is 0 Å². The molecule has 0 saturated carbocycles. The first kappa shape index (κ1) is 20.0. The summed E-state index contributed by atoms with van der Waals surface area (Å²) in [6.07, 6.45) is -1.03. The monoisotopic (exact) mass is 370 g/mol. The van der Waals surface area contributed by atoms with Crippen molar-refractivity contribution in [1.82, 2.24) is 5.32 Å². The molecule has 2 rings (SSSR count). The number of esters is 1. The molecule has 2 aromatic rings. The minimum absolute atomic E-state index is 0.334. The van der Waals surface area contributed by atoms with Gasteiger partial charge in [0.1, 0.15) is 12.3 Å². The summed E-state index contributed by atoms with van der Waals surface area (Å²) < 4.78 is 10.2. The summed E-state index contributed by atoms with van der Waals surface area (Å²) >= 11 is 0. The molecule has 0 aliphatic carbocycles. The summed E-state index contributed by atoms with van der Waals surface area (Å²) in [6.45, 7) is 2.98. The Morgan fingerprint density at radius 3 is 2.52 bits per heavy atom. The molecule has 2 N–H and O–H groups in total. The van der Waals surface area contributed by atoms with Gasteiger partial charge in [-0.05, 0) is 38.1 Å². The van der Waals surface area contributed by atoms with Crippen molar-refractivity contribution in [3.05, 3.63) is 59.7 Å². The van der Waals surface area contributed by atoms with Gasteiger partial charge in [0, 0.05) is 5.56 Å². The van der Waals surface area contributed by atoms with E-state index in [4.69, 9.17) is 9.47 Å². The number of aryl methyl sites for hydroxylation is 1. The van der Waals surface area contributed by atoms with Gasteiger partial charge < -0.3 is 20.1 Å². The number of anilines is 1. The van der Waals surface area contributed by atoms with Crippen molar-refractivity contribution < 1.29 is 23.9 Å². The standard InChI is InChI=1S/C20H22N2O5/c1-13-7-6-8-15(11-13)20(25)21-12-18(23)27-14(2)19(24)22-16-9-4-5-10-17(16)26-3/h4-11,14H,12H2,1-3H3,(H,21,25)(H,22,24)/t14-/m0/s1. The van der Waals surface area contributed by atoms with Gasteiger partial charge in [0.05, 0.1) is 12.8 Å². The van der Waals surface area contributed by atoms with E-state index in [0.29, 0.717) is 17.0 Å². The number of benzene rings is 2. The van der Waals surface area contributed by atoms with Gasteiger partial charge in [-0.15, -0.1) is 0 Å². The second kappa shape index (κ2) is 9.38. The van der Waals surface area contributed by atoms with Crippen molar-refractivity contribution in [2.24, 2.45) is 0 Å². The number of hydrogen-bond donors (Lipinski definition) is 2. The zero-order chi connectivity index (χ0) is 19.8. The Labute approximate surface area is 157 Å². The molecule has 0 radical (unpaired) electrons. The highest BCUT2D eigenvalue weighted by Gasteiger charge is 2.19. The molecular weight excluding hydrogens is 348 g/mol. The molecule has 0 spiro atoms. The zero-order valence-corrected chi connectivity index (χ0v) is 15.4. The summed E-state index contributed by atoms with van der Waals surface area (Å²) in [5.74, 6) is -1.10. The van der Waals surface area contributed by atoms with Crippen molar-refractivity contribution in [2.75, 3.05) is 19.0 Å². The number of carbonyl (C=O) groups excluding carboxylic acids is 3. The lowest BCUT2D eigenvalue weighted by Crippen LogP contribution is -2.35. The van der Waals surface area contributed by atoms with Crippen LogP contribution in [0.15, 0.2) is 48.5 Å². The van der Waals surface area contributed by atoms with E-state index in [2.05, 4.69) is 10.6 Å². The molecule has 7 heteroatoms. The second-order valence-electron chi connectivity index (χ2n) is 5.87. The van der Waals surface area contributed by atoms with Crippen LogP contribution in [0.25, 0.3) is 0 Å². The number of nitrogens with one attached hydrogen (secondary N) is 2. The first-order chi connectivity index (χ1) is 12.9. The Morgan fingerprint density at radius 1 is 1.07 bits per heavy atom. The molecule has 7 nitrogen and oxygen atoms in total. The minimum atomic E-state index is -1.03. The second-order valence-corrected chi connectivity index (χ2v) is 5.87. The average Bonchev–Trinajstić information content (AvgIpc) is 2.66. The van der Waals surface area contributed by atoms with E-state index >= 15 is 0 Å². The number of carbonyl (C=O) groups is 3.